The van der Waals surface area contributed by atoms with Gasteiger partial charge in [-0.05, 0) is 35.4 Å². The van der Waals surface area contributed by atoms with Crippen LogP contribution in [0.3, 0.4) is 0 Å². The second kappa shape index (κ2) is 8.97. The number of rotatable bonds is 6. The Hall–Kier alpha value is -2.61. The maximum Gasteiger partial charge on any atom is 0.401 e. The summed E-state index contributed by atoms with van der Waals surface area (Å²) < 4.78 is 130. The average Bonchev–Trinajstić information content (AvgIpc) is 2.64. The minimum atomic E-state index is -5.36. The van der Waals surface area contributed by atoms with Crippen molar-refractivity contribution in [2.24, 2.45) is 5.16 Å². The topological polar surface area (TPSA) is 101 Å². The minimum absolute atomic E-state index is 0.363. The van der Waals surface area contributed by atoms with Gasteiger partial charge in [0.05, 0.1) is 15.5 Å². The fourth-order valence-electron chi connectivity index (χ4n) is 3.15. The summed E-state index contributed by atoms with van der Waals surface area (Å²) in [7, 11) is -7.59. The average molecular weight is 517 g/mol. The summed E-state index contributed by atoms with van der Waals surface area (Å²) in [5.74, 6) is -6.09. The maximum absolute atomic E-state index is 13.9. The fourth-order valence-corrected chi connectivity index (χ4v) is 4.41. The number of oxime groups is 1. The first kappa shape index (κ1) is 26.6. The Kier molecular flexibility index (Phi) is 7.24. The van der Waals surface area contributed by atoms with Gasteiger partial charge in [-0.3, -0.25) is 0 Å². The molecule has 0 radical (unpaired) electrons. The Morgan fingerprint density at radius 3 is 1.15 bits per heavy atom. The molecule has 0 spiro atoms. The lowest BCUT2D eigenvalue weighted by Crippen LogP contribution is -2.38. The molecule has 2 unspecified atom stereocenters. The first-order valence-electron chi connectivity index (χ1n) is 8.82. The lowest BCUT2D eigenvalue weighted by molar-refractivity contribution is -0.148. The van der Waals surface area contributed by atoms with E-state index in [1.165, 1.54) is 0 Å². The van der Waals surface area contributed by atoms with Crippen LogP contribution in [0.4, 0.5) is 26.3 Å². The molecule has 2 aromatic carbocycles. The lowest BCUT2D eigenvalue weighted by atomic mass is 9.82. The van der Waals surface area contributed by atoms with Crippen LogP contribution in [0.2, 0.25) is 0 Å². The first-order chi connectivity index (χ1) is 14.9. The van der Waals surface area contributed by atoms with E-state index in [1.54, 1.807) is 0 Å². The van der Waals surface area contributed by atoms with E-state index in [0.717, 1.165) is 36.8 Å². The normalized spacial score (nSPS) is 15.0. The third-order valence-electron chi connectivity index (χ3n) is 4.64. The molecule has 2 aromatic rings. The second-order valence-corrected chi connectivity index (χ2v) is 11.2. The summed E-state index contributed by atoms with van der Waals surface area (Å²) >= 11 is 0. The molecule has 0 aliphatic heterocycles. The zero-order chi connectivity index (χ0) is 25.4. The Labute approximate surface area is 185 Å². The molecule has 1 N–H and O–H groups in total. The predicted molar refractivity (Wildman–Crippen MR) is 106 cm³/mol. The molecule has 0 fully saturated rings. The van der Waals surface area contributed by atoms with Crippen LogP contribution in [0, 0.1) is 0 Å². The molecule has 0 aromatic heterocycles. The van der Waals surface area contributed by atoms with Gasteiger partial charge in [0.1, 0.15) is 11.8 Å². The minimum Gasteiger partial charge on any atom is -0.411 e. The van der Waals surface area contributed by atoms with E-state index in [1.807, 2.05) is 0 Å². The van der Waals surface area contributed by atoms with Crippen molar-refractivity contribution in [2.75, 3.05) is 12.5 Å². The maximum atomic E-state index is 13.9. The van der Waals surface area contributed by atoms with Crippen LogP contribution in [0.1, 0.15) is 23.0 Å². The van der Waals surface area contributed by atoms with Gasteiger partial charge in [-0.2, -0.15) is 26.3 Å². The van der Waals surface area contributed by atoms with Gasteiger partial charge in [0.15, 0.2) is 19.7 Å². The highest BCUT2D eigenvalue weighted by atomic mass is 32.2. The van der Waals surface area contributed by atoms with Crippen LogP contribution >= 0.6 is 0 Å². The highest BCUT2D eigenvalue weighted by molar-refractivity contribution is 7.91. The van der Waals surface area contributed by atoms with Gasteiger partial charge < -0.3 is 5.21 Å². The van der Waals surface area contributed by atoms with Crippen molar-refractivity contribution in [1.29, 1.82) is 0 Å². The summed E-state index contributed by atoms with van der Waals surface area (Å²) in [6.07, 6.45) is -9.12. The van der Waals surface area contributed by atoms with Crippen molar-refractivity contribution >= 4 is 25.4 Å². The number of sulfone groups is 2. The number of hydrogen-bond acceptors (Lipinski definition) is 6. The van der Waals surface area contributed by atoms with E-state index in [2.05, 4.69) is 5.16 Å². The van der Waals surface area contributed by atoms with E-state index < -0.39 is 60.7 Å². The molecule has 0 amide bonds. The molecule has 2 atom stereocenters. The molecule has 182 valence electrons. The molecule has 0 aliphatic carbocycles. The molecule has 0 bridgehead atoms. The van der Waals surface area contributed by atoms with Gasteiger partial charge >= 0.3 is 12.4 Å². The molecule has 2 rings (SSSR count). The molecule has 0 saturated heterocycles. The van der Waals surface area contributed by atoms with Gasteiger partial charge in [0, 0.05) is 12.5 Å². The highest BCUT2D eigenvalue weighted by Crippen LogP contribution is 2.45. The number of alkyl halides is 6. The summed E-state index contributed by atoms with van der Waals surface area (Å²) in [6, 6.07) is 5.90. The van der Waals surface area contributed by atoms with E-state index >= 15 is 0 Å². The number of nitrogens with zero attached hydrogens (tertiary/aromatic N) is 1. The Morgan fingerprint density at radius 2 is 0.970 bits per heavy atom. The molecule has 0 saturated carbocycles. The zero-order valence-electron chi connectivity index (χ0n) is 16.9. The quantitative estimate of drug-likeness (QED) is 0.266. The van der Waals surface area contributed by atoms with Crippen LogP contribution in [0.5, 0.6) is 0 Å². The largest absolute Gasteiger partial charge is 0.411 e. The van der Waals surface area contributed by atoms with E-state index in [9.17, 15) is 48.4 Å². The molecule has 14 heteroatoms. The van der Waals surface area contributed by atoms with Crippen molar-refractivity contribution in [1.82, 2.24) is 0 Å². The third-order valence-corrected chi connectivity index (χ3v) is 6.90. The zero-order valence-corrected chi connectivity index (χ0v) is 18.5. The van der Waals surface area contributed by atoms with E-state index in [-0.39, 0.29) is 9.79 Å². The third kappa shape index (κ3) is 6.25. The summed E-state index contributed by atoms with van der Waals surface area (Å²) in [4.78, 5) is -0.725. The van der Waals surface area contributed by atoms with Gasteiger partial charge in [-0.15, -0.1) is 0 Å². The van der Waals surface area contributed by atoms with Gasteiger partial charge in [0.2, 0.25) is 0 Å². The number of benzene rings is 2. The van der Waals surface area contributed by atoms with Crippen molar-refractivity contribution in [2.45, 2.75) is 34.0 Å². The Bertz CT molecular complexity index is 1140. The molecular weight excluding hydrogens is 500 g/mol. The van der Waals surface area contributed by atoms with Crippen LogP contribution in [-0.2, 0) is 19.7 Å². The summed E-state index contributed by atoms with van der Waals surface area (Å²) in [6.45, 7) is 0. The van der Waals surface area contributed by atoms with Gasteiger partial charge in [0.25, 0.3) is 0 Å². The van der Waals surface area contributed by atoms with Gasteiger partial charge in [-0.25, -0.2) is 16.8 Å². The number of hydrogen-bond donors (Lipinski definition) is 1. The Balaban J connectivity index is 2.69. The van der Waals surface area contributed by atoms with Crippen LogP contribution in [0.15, 0.2) is 63.5 Å². The van der Waals surface area contributed by atoms with Crippen molar-refractivity contribution < 1.29 is 48.4 Å². The highest BCUT2D eigenvalue weighted by Gasteiger charge is 2.54. The molecular formula is C19H17F6NO5S2. The van der Waals surface area contributed by atoms with E-state index in [0.29, 0.717) is 24.3 Å². The predicted octanol–water partition coefficient (Wildman–Crippen LogP) is 4.32. The SMILES string of the molecule is CS(=O)(=O)c1ccc(C(C(=NO)C(c2ccc(S(C)(=O)=O)cc2)C(F)(F)F)C(F)(F)F)cc1. The summed E-state index contributed by atoms with van der Waals surface area (Å²) in [5.41, 5.74) is -3.29. The molecule has 6 nitrogen and oxygen atoms in total. The van der Waals surface area contributed by atoms with Crippen LogP contribution in [0.25, 0.3) is 0 Å². The van der Waals surface area contributed by atoms with E-state index in [4.69, 9.17) is 0 Å². The first-order valence-corrected chi connectivity index (χ1v) is 12.6. The standard InChI is InChI=1S/C19H17F6NO5S2/c1-32(28,29)13-7-3-11(4-8-13)15(18(20,21)22)17(26-27)16(19(23,24)25)12-5-9-14(10-6-12)33(2,30)31/h3-10,15-16,27H,1-2H3. The fraction of sp³-hybridized carbons (Fsp3) is 0.316. The van der Waals surface area contributed by atoms with Crippen molar-refractivity contribution in [3.05, 3.63) is 59.7 Å². The molecule has 0 heterocycles. The lowest BCUT2D eigenvalue weighted by Gasteiger charge is -2.29. The van der Waals surface area contributed by atoms with Crippen LogP contribution in [-0.4, -0.2) is 52.6 Å². The van der Waals surface area contributed by atoms with Gasteiger partial charge in [-0.1, -0.05) is 29.4 Å². The second-order valence-electron chi connectivity index (χ2n) is 7.16. The number of halogens is 6. The monoisotopic (exact) mass is 517 g/mol. The smallest absolute Gasteiger partial charge is 0.401 e. The summed E-state index contributed by atoms with van der Waals surface area (Å²) in [5, 5.41) is 11.6. The van der Waals surface area contributed by atoms with Crippen molar-refractivity contribution in [3.8, 4) is 0 Å². The molecule has 0 aliphatic rings. The van der Waals surface area contributed by atoms with Crippen LogP contribution < -0.4 is 0 Å². The molecule has 33 heavy (non-hydrogen) atoms. The Morgan fingerprint density at radius 1 is 0.697 bits per heavy atom. The van der Waals surface area contributed by atoms with Crippen molar-refractivity contribution in [3.63, 3.8) is 0 Å².